The fraction of sp³-hybridized carbons (Fsp3) is 0.0400. The van der Waals surface area contributed by atoms with Crippen LogP contribution in [-0.2, 0) is 0 Å². The molecule has 0 aliphatic heterocycles. The summed E-state index contributed by atoms with van der Waals surface area (Å²) in [6.45, 7) is 4.35. The Hall–Kier alpha value is -6.64. The molecular formula is C50H36N2. The zero-order chi connectivity index (χ0) is 34.8. The van der Waals surface area contributed by atoms with E-state index in [2.05, 4.69) is 205 Å². The van der Waals surface area contributed by atoms with Crippen LogP contribution < -0.4 is 0 Å². The lowest BCUT2D eigenvalue weighted by atomic mass is 9.96. The molecule has 0 aliphatic carbocycles. The fourth-order valence-electron chi connectivity index (χ4n) is 8.17. The SMILES string of the molecule is Cc1ccc2c(c1)c1cc(-c3ccc4c(c3)c3ccccc3n4-c3ccc(-c4cccc(-c5ccccc5C)c4)cc3)ccc1n2-c1ccccc1. The number of aromatic nitrogens is 2. The number of rotatable bonds is 5. The first kappa shape index (κ1) is 30.2. The Kier molecular flexibility index (Phi) is 6.97. The highest BCUT2D eigenvalue weighted by Crippen LogP contribution is 2.39. The van der Waals surface area contributed by atoms with E-state index in [0.717, 1.165) is 5.69 Å². The van der Waals surface area contributed by atoms with E-state index in [9.17, 15) is 0 Å². The summed E-state index contributed by atoms with van der Waals surface area (Å²) in [5.41, 5.74) is 17.1. The topological polar surface area (TPSA) is 9.86 Å². The molecule has 10 rings (SSSR count). The van der Waals surface area contributed by atoms with Crippen molar-refractivity contribution in [3.63, 3.8) is 0 Å². The third-order valence-corrected chi connectivity index (χ3v) is 10.7. The molecule has 0 aliphatic rings. The molecule has 0 radical (unpaired) electrons. The first-order valence-electron chi connectivity index (χ1n) is 18.0. The van der Waals surface area contributed by atoms with Crippen LogP contribution in [0.1, 0.15) is 11.1 Å². The summed E-state index contributed by atoms with van der Waals surface area (Å²) >= 11 is 0. The molecule has 52 heavy (non-hydrogen) atoms. The van der Waals surface area contributed by atoms with Crippen molar-refractivity contribution in [3.05, 3.63) is 193 Å². The van der Waals surface area contributed by atoms with Crippen molar-refractivity contribution >= 4 is 43.6 Å². The van der Waals surface area contributed by atoms with Gasteiger partial charge in [-0.05, 0) is 126 Å². The number of aryl methyl sites for hydroxylation is 2. The highest BCUT2D eigenvalue weighted by Gasteiger charge is 2.16. The molecule has 0 bridgehead atoms. The van der Waals surface area contributed by atoms with E-state index in [1.807, 2.05) is 0 Å². The van der Waals surface area contributed by atoms with Crippen molar-refractivity contribution in [2.24, 2.45) is 0 Å². The molecule has 246 valence electrons. The Morgan fingerprint density at radius 1 is 0.308 bits per heavy atom. The van der Waals surface area contributed by atoms with E-state index in [4.69, 9.17) is 0 Å². The average Bonchev–Trinajstić information content (AvgIpc) is 3.70. The van der Waals surface area contributed by atoms with Gasteiger partial charge < -0.3 is 9.13 Å². The zero-order valence-electron chi connectivity index (χ0n) is 29.2. The minimum absolute atomic E-state index is 1.16. The summed E-state index contributed by atoms with van der Waals surface area (Å²) in [4.78, 5) is 0. The number of hydrogen-bond acceptors (Lipinski definition) is 0. The lowest BCUT2D eigenvalue weighted by molar-refractivity contribution is 1.18. The lowest BCUT2D eigenvalue weighted by Crippen LogP contribution is -1.94. The molecule has 0 N–H and O–H groups in total. The van der Waals surface area contributed by atoms with Crippen LogP contribution in [-0.4, -0.2) is 9.13 Å². The fourth-order valence-corrected chi connectivity index (χ4v) is 8.17. The molecule has 0 spiro atoms. The number of nitrogens with zero attached hydrogens (tertiary/aromatic N) is 2. The van der Waals surface area contributed by atoms with Crippen LogP contribution >= 0.6 is 0 Å². The molecule has 0 atom stereocenters. The van der Waals surface area contributed by atoms with Gasteiger partial charge in [-0.25, -0.2) is 0 Å². The van der Waals surface area contributed by atoms with Crippen LogP contribution in [0.25, 0.3) is 88.4 Å². The van der Waals surface area contributed by atoms with Crippen molar-refractivity contribution in [2.75, 3.05) is 0 Å². The monoisotopic (exact) mass is 664 g/mol. The zero-order valence-corrected chi connectivity index (χ0v) is 29.2. The molecule has 2 heterocycles. The predicted octanol–water partition coefficient (Wildman–Crippen LogP) is 13.5. The maximum atomic E-state index is 2.40. The molecule has 0 unspecified atom stereocenters. The van der Waals surface area contributed by atoms with Crippen molar-refractivity contribution in [2.45, 2.75) is 13.8 Å². The second-order valence-corrected chi connectivity index (χ2v) is 14.0. The standard InChI is InChI=1S/C50H36N2/c1-33-19-26-48-44(29-33)46-32-38(23-28-50(46)51(48)40-14-4-3-5-15-40)37-22-27-49-45(31-37)43-17-8-9-18-47(43)52(49)41-24-20-35(21-25-41)36-12-10-13-39(30-36)42-16-7-6-11-34(42)2/h3-32H,1-2H3. The Bertz CT molecular complexity index is 2960. The summed E-state index contributed by atoms with van der Waals surface area (Å²) in [6, 6.07) is 66.7. The number of fused-ring (bicyclic) bond motifs is 6. The van der Waals surface area contributed by atoms with Crippen molar-refractivity contribution in [1.82, 2.24) is 9.13 Å². The van der Waals surface area contributed by atoms with Gasteiger partial charge in [0.25, 0.3) is 0 Å². The van der Waals surface area contributed by atoms with Gasteiger partial charge >= 0.3 is 0 Å². The van der Waals surface area contributed by atoms with E-state index in [-0.39, 0.29) is 0 Å². The number of para-hydroxylation sites is 2. The molecule has 2 heteroatoms. The van der Waals surface area contributed by atoms with Crippen LogP contribution in [0.3, 0.4) is 0 Å². The number of hydrogen-bond donors (Lipinski definition) is 0. The Morgan fingerprint density at radius 2 is 0.827 bits per heavy atom. The highest BCUT2D eigenvalue weighted by molar-refractivity contribution is 6.12. The average molecular weight is 665 g/mol. The quantitative estimate of drug-likeness (QED) is 0.173. The second kappa shape index (κ2) is 12.0. The third-order valence-electron chi connectivity index (χ3n) is 10.7. The van der Waals surface area contributed by atoms with Gasteiger partial charge in [-0.3, -0.25) is 0 Å². The van der Waals surface area contributed by atoms with Crippen LogP contribution in [0.5, 0.6) is 0 Å². The first-order valence-corrected chi connectivity index (χ1v) is 18.0. The molecule has 0 amide bonds. The molecular weight excluding hydrogens is 629 g/mol. The maximum absolute atomic E-state index is 2.40. The van der Waals surface area contributed by atoms with E-state index < -0.39 is 0 Å². The Balaban J connectivity index is 1.07. The van der Waals surface area contributed by atoms with Crippen LogP contribution in [0.15, 0.2) is 182 Å². The normalized spacial score (nSPS) is 11.7. The van der Waals surface area contributed by atoms with Gasteiger partial charge in [0.1, 0.15) is 0 Å². The van der Waals surface area contributed by atoms with E-state index in [0.29, 0.717) is 0 Å². The summed E-state index contributed by atoms with van der Waals surface area (Å²) in [5, 5.41) is 5.06. The molecule has 0 fully saturated rings. The number of benzene rings is 8. The van der Waals surface area contributed by atoms with Gasteiger partial charge in [0, 0.05) is 32.9 Å². The van der Waals surface area contributed by atoms with Crippen LogP contribution in [0.2, 0.25) is 0 Å². The van der Waals surface area contributed by atoms with Gasteiger partial charge in [-0.1, -0.05) is 115 Å². The summed E-state index contributed by atoms with van der Waals surface area (Å²) in [5.74, 6) is 0. The maximum Gasteiger partial charge on any atom is 0.0541 e. The van der Waals surface area contributed by atoms with Crippen molar-refractivity contribution in [1.29, 1.82) is 0 Å². The Morgan fingerprint density at radius 3 is 1.56 bits per heavy atom. The van der Waals surface area contributed by atoms with E-state index >= 15 is 0 Å². The molecule has 8 aromatic carbocycles. The van der Waals surface area contributed by atoms with Gasteiger partial charge in [0.15, 0.2) is 0 Å². The molecule has 0 saturated heterocycles. The van der Waals surface area contributed by atoms with Crippen molar-refractivity contribution in [3.8, 4) is 44.8 Å². The summed E-state index contributed by atoms with van der Waals surface area (Å²) < 4.78 is 4.79. The smallest absolute Gasteiger partial charge is 0.0541 e. The molecule has 2 nitrogen and oxygen atoms in total. The largest absolute Gasteiger partial charge is 0.309 e. The van der Waals surface area contributed by atoms with Crippen molar-refractivity contribution < 1.29 is 0 Å². The second-order valence-electron chi connectivity index (χ2n) is 14.0. The molecule has 2 aromatic heterocycles. The predicted molar refractivity (Wildman–Crippen MR) is 221 cm³/mol. The van der Waals surface area contributed by atoms with E-state index in [1.165, 1.54) is 93.8 Å². The third kappa shape index (κ3) is 4.87. The lowest BCUT2D eigenvalue weighted by Gasteiger charge is -2.11. The summed E-state index contributed by atoms with van der Waals surface area (Å²) in [7, 11) is 0. The van der Waals surface area contributed by atoms with Gasteiger partial charge in [-0.15, -0.1) is 0 Å². The van der Waals surface area contributed by atoms with Gasteiger partial charge in [-0.2, -0.15) is 0 Å². The van der Waals surface area contributed by atoms with Gasteiger partial charge in [0.05, 0.1) is 22.1 Å². The Labute approximate surface area is 303 Å². The minimum Gasteiger partial charge on any atom is -0.309 e. The first-order chi connectivity index (χ1) is 25.6. The highest BCUT2D eigenvalue weighted by atomic mass is 15.0. The van der Waals surface area contributed by atoms with Gasteiger partial charge in [0.2, 0.25) is 0 Å². The minimum atomic E-state index is 1.16. The molecule has 0 saturated carbocycles. The van der Waals surface area contributed by atoms with E-state index in [1.54, 1.807) is 0 Å². The summed E-state index contributed by atoms with van der Waals surface area (Å²) in [6.07, 6.45) is 0. The molecule has 10 aromatic rings. The van der Waals surface area contributed by atoms with Crippen LogP contribution in [0.4, 0.5) is 0 Å². The van der Waals surface area contributed by atoms with Crippen LogP contribution in [0, 0.1) is 13.8 Å².